The molecular formula is C11H15NO4. The number of carboxylic acid groups (broad SMARTS) is 1. The summed E-state index contributed by atoms with van der Waals surface area (Å²) in [5.41, 5.74) is 6.93. The quantitative estimate of drug-likeness (QED) is 0.572. The number of hydrogen-bond donors (Lipinski definition) is 4. The fourth-order valence-electron chi connectivity index (χ4n) is 1.38. The molecule has 1 aromatic rings. The van der Waals surface area contributed by atoms with Crippen molar-refractivity contribution in [3.05, 3.63) is 35.4 Å². The van der Waals surface area contributed by atoms with Crippen molar-refractivity contribution in [2.75, 3.05) is 6.61 Å². The van der Waals surface area contributed by atoms with E-state index in [9.17, 15) is 9.90 Å². The average Bonchev–Trinajstić information content (AvgIpc) is 2.27. The molecule has 0 aliphatic rings. The zero-order valence-corrected chi connectivity index (χ0v) is 8.71. The van der Waals surface area contributed by atoms with Crippen LogP contribution in [0.2, 0.25) is 0 Å². The van der Waals surface area contributed by atoms with Gasteiger partial charge in [-0.25, -0.2) is 0 Å². The van der Waals surface area contributed by atoms with E-state index in [2.05, 4.69) is 0 Å². The van der Waals surface area contributed by atoms with Crippen molar-refractivity contribution in [3.63, 3.8) is 0 Å². The first-order valence-corrected chi connectivity index (χ1v) is 4.90. The lowest BCUT2D eigenvalue weighted by molar-refractivity contribution is -0.137. The van der Waals surface area contributed by atoms with Gasteiger partial charge < -0.3 is 21.1 Å². The Hall–Kier alpha value is -1.43. The molecule has 0 radical (unpaired) electrons. The Bertz CT molecular complexity index is 350. The molecule has 0 aromatic heterocycles. The summed E-state index contributed by atoms with van der Waals surface area (Å²) in [5.74, 6) is -0.952. The summed E-state index contributed by atoms with van der Waals surface area (Å²) in [4.78, 5) is 10.5. The minimum atomic E-state index is -0.952. The third-order valence-electron chi connectivity index (χ3n) is 2.32. The highest BCUT2D eigenvalue weighted by Gasteiger charge is 2.11. The van der Waals surface area contributed by atoms with Crippen molar-refractivity contribution >= 4 is 5.97 Å². The van der Waals surface area contributed by atoms with Gasteiger partial charge in [-0.3, -0.25) is 4.79 Å². The van der Waals surface area contributed by atoms with E-state index in [4.69, 9.17) is 15.9 Å². The van der Waals surface area contributed by atoms with E-state index in [-0.39, 0.29) is 13.0 Å². The predicted octanol–water partition coefficient (Wildman–Crippen LogP) is 0.187. The van der Waals surface area contributed by atoms with Crippen molar-refractivity contribution < 1.29 is 20.1 Å². The molecule has 1 aromatic carbocycles. The van der Waals surface area contributed by atoms with Crippen molar-refractivity contribution in [3.8, 4) is 0 Å². The first kappa shape index (κ1) is 12.6. The molecule has 5 nitrogen and oxygen atoms in total. The maximum absolute atomic E-state index is 10.5. The van der Waals surface area contributed by atoms with Gasteiger partial charge in [0.15, 0.2) is 0 Å². The smallest absolute Gasteiger partial charge is 0.305 e. The number of rotatable bonds is 5. The third-order valence-corrected chi connectivity index (χ3v) is 2.32. The molecule has 16 heavy (non-hydrogen) atoms. The van der Waals surface area contributed by atoms with Crippen LogP contribution in [0, 0.1) is 0 Å². The van der Waals surface area contributed by atoms with Gasteiger partial charge in [-0.2, -0.15) is 0 Å². The molecule has 2 unspecified atom stereocenters. The average molecular weight is 225 g/mol. The molecule has 1 rings (SSSR count). The van der Waals surface area contributed by atoms with Gasteiger partial charge in [0.05, 0.1) is 13.0 Å². The Morgan fingerprint density at radius 1 is 1.25 bits per heavy atom. The summed E-state index contributed by atoms with van der Waals surface area (Å²) in [5, 5.41) is 26.6. The van der Waals surface area contributed by atoms with Crippen LogP contribution in [0.3, 0.4) is 0 Å². The molecule has 88 valence electrons. The van der Waals surface area contributed by atoms with Gasteiger partial charge in [0, 0.05) is 6.04 Å². The first-order valence-electron chi connectivity index (χ1n) is 4.90. The minimum absolute atomic E-state index is 0.137. The lowest BCUT2D eigenvalue weighted by Crippen LogP contribution is -2.15. The standard InChI is InChI=1S/C11H15NO4/c12-9(5-11(15)16)7-1-3-8(4-2-7)10(14)6-13/h1-4,9-10,13-14H,5-6,12H2,(H,15,16). The minimum Gasteiger partial charge on any atom is -0.481 e. The number of carbonyl (C=O) groups is 1. The molecule has 0 saturated carbocycles. The third kappa shape index (κ3) is 3.30. The van der Waals surface area contributed by atoms with Gasteiger partial charge in [0.25, 0.3) is 0 Å². The van der Waals surface area contributed by atoms with E-state index in [0.717, 1.165) is 0 Å². The Balaban J connectivity index is 2.74. The molecule has 5 heteroatoms. The second kappa shape index (κ2) is 5.60. The van der Waals surface area contributed by atoms with Gasteiger partial charge in [-0.05, 0) is 11.1 Å². The van der Waals surface area contributed by atoms with Crippen LogP contribution in [0.1, 0.15) is 29.7 Å². The molecule has 5 N–H and O–H groups in total. The maximum atomic E-state index is 10.5. The number of aliphatic hydroxyl groups is 2. The SMILES string of the molecule is NC(CC(=O)O)c1ccc(C(O)CO)cc1. The van der Waals surface area contributed by atoms with Crippen LogP contribution in [0.25, 0.3) is 0 Å². The summed E-state index contributed by atoms with van der Waals surface area (Å²) in [6.45, 7) is -0.347. The summed E-state index contributed by atoms with van der Waals surface area (Å²) >= 11 is 0. The van der Waals surface area contributed by atoms with Gasteiger partial charge in [0.1, 0.15) is 6.10 Å². The summed E-state index contributed by atoms with van der Waals surface area (Å²) in [6.07, 6.45) is -1.05. The highest BCUT2D eigenvalue weighted by atomic mass is 16.4. The van der Waals surface area contributed by atoms with E-state index < -0.39 is 18.1 Å². The molecule has 0 heterocycles. The molecule has 0 amide bonds. The highest BCUT2D eigenvalue weighted by Crippen LogP contribution is 2.18. The number of aliphatic hydroxyl groups excluding tert-OH is 2. The van der Waals surface area contributed by atoms with Crippen LogP contribution >= 0.6 is 0 Å². The van der Waals surface area contributed by atoms with E-state index in [1.54, 1.807) is 24.3 Å². The van der Waals surface area contributed by atoms with Crippen molar-refractivity contribution in [2.24, 2.45) is 5.73 Å². The van der Waals surface area contributed by atoms with Crippen LogP contribution in [0.4, 0.5) is 0 Å². The van der Waals surface area contributed by atoms with E-state index >= 15 is 0 Å². The molecule has 0 saturated heterocycles. The maximum Gasteiger partial charge on any atom is 0.305 e. The number of aliphatic carboxylic acids is 1. The molecule has 0 fully saturated rings. The van der Waals surface area contributed by atoms with Gasteiger partial charge in [-0.1, -0.05) is 24.3 Å². The number of hydrogen-bond acceptors (Lipinski definition) is 4. The molecule has 0 bridgehead atoms. The summed E-state index contributed by atoms with van der Waals surface area (Å²) in [6, 6.07) is 6.00. The molecule has 0 aliphatic carbocycles. The Labute approximate surface area is 93.1 Å². The number of benzene rings is 1. The Kier molecular flexibility index (Phi) is 4.42. The van der Waals surface area contributed by atoms with E-state index in [1.165, 1.54) is 0 Å². The Morgan fingerprint density at radius 3 is 2.19 bits per heavy atom. The fraction of sp³-hybridized carbons (Fsp3) is 0.364. The fourth-order valence-corrected chi connectivity index (χ4v) is 1.38. The van der Waals surface area contributed by atoms with Crippen molar-refractivity contribution in [1.82, 2.24) is 0 Å². The lowest BCUT2D eigenvalue weighted by Gasteiger charge is -2.12. The number of nitrogens with two attached hydrogens (primary N) is 1. The molecule has 2 atom stereocenters. The second-order valence-electron chi connectivity index (χ2n) is 3.57. The predicted molar refractivity (Wildman–Crippen MR) is 57.7 cm³/mol. The topological polar surface area (TPSA) is 104 Å². The molecule has 0 aliphatic heterocycles. The zero-order valence-electron chi connectivity index (χ0n) is 8.71. The van der Waals surface area contributed by atoms with E-state index in [0.29, 0.717) is 11.1 Å². The van der Waals surface area contributed by atoms with Crippen LogP contribution in [-0.2, 0) is 4.79 Å². The van der Waals surface area contributed by atoms with Crippen LogP contribution in [0.15, 0.2) is 24.3 Å². The van der Waals surface area contributed by atoms with Crippen molar-refractivity contribution in [1.29, 1.82) is 0 Å². The largest absolute Gasteiger partial charge is 0.481 e. The highest BCUT2D eigenvalue weighted by molar-refractivity contribution is 5.67. The first-order chi connectivity index (χ1) is 7.54. The number of carboxylic acids is 1. The monoisotopic (exact) mass is 225 g/mol. The Morgan fingerprint density at radius 2 is 1.75 bits per heavy atom. The van der Waals surface area contributed by atoms with Gasteiger partial charge >= 0.3 is 5.97 Å². The molecular weight excluding hydrogens is 210 g/mol. The molecule has 0 spiro atoms. The van der Waals surface area contributed by atoms with Crippen LogP contribution in [0.5, 0.6) is 0 Å². The second-order valence-corrected chi connectivity index (χ2v) is 3.57. The van der Waals surface area contributed by atoms with Gasteiger partial charge in [0.2, 0.25) is 0 Å². The van der Waals surface area contributed by atoms with Crippen LogP contribution in [-0.4, -0.2) is 27.9 Å². The van der Waals surface area contributed by atoms with Gasteiger partial charge in [-0.15, -0.1) is 0 Å². The van der Waals surface area contributed by atoms with Crippen LogP contribution < -0.4 is 5.73 Å². The van der Waals surface area contributed by atoms with Crippen molar-refractivity contribution in [2.45, 2.75) is 18.6 Å². The lowest BCUT2D eigenvalue weighted by atomic mass is 10.0. The normalized spacial score (nSPS) is 14.4. The summed E-state index contributed by atoms with van der Waals surface area (Å²) < 4.78 is 0. The van der Waals surface area contributed by atoms with E-state index in [1.807, 2.05) is 0 Å². The zero-order chi connectivity index (χ0) is 12.1. The summed E-state index contributed by atoms with van der Waals surface area (Å²) in [7, 11) is 0.